The fraction of sp³-hybridized carbons (Fsp3) is 0.138. The summed E-state index contributed by atoms with van der Waals surface area (Å²) >= 11 is 8.91. The lowest BCUT2D eigenvalue weighted by atomic mass is 9.96. The number of ketones is 1. The van der Waals surface area contributed by atoms with Crippen molar-refractivity contribution < 1.29 is 19.4 Å². The highest BCUT2D eigenvalue weighted by molar-refractivity contribution is 8.00. The lowest BCUT2D eigenvalue weighted by Crippen LogP contribution is -2.29. The number of pyridine rings is 1. The highest BCUT2D eigenvalue weighted by Crippen LogP contribution is 2.44. The third-order valence-corrected chi connectivity index (χ3v) is 9.19. The molecule has 9 nitrogen and oxygen atoms in total. The van der Waals surface area contributed by atoms with Gasteiger partial charge in [-0.05, 0) is 48.4 Å². The molecule has 0 spiro atoms. The number of aliphatic hydroxyl groups excluding tert-OH is 1. The molecule has 0 aliphatic carbocycles. The molecule has 4 heterocycles. The molecule has 3 aromatic heterocycles. The largest absolute Gasteiger partial charge is 0.505 e. The number of rotatable bonds is 7. The van der Waals surface area contributed by atoms with E-state index < -0.39 is 17.7 Å². The van der Waals surface area contributed by atoms with Crippen molar-refractivity contribution in [2.75, 3.05) is 12.0 Å². The van der Waals surface area contributed by atoms with Crippen LogP contribution in [0.25, 0.3) is 11.4 Å². The van der Waals surface area contributed by atoms with Crippen LogP contribution in [0.4, 0.5) is 5.13 Å². The average Bonchev–Trinajstić information content (AvgIpc) is 3.66. The normalized spacial score (nSPS) is 16.6. The fourth-order valence-electron chi connectivity index (χ4n) is 4.77. The number of carbonyl (C=O) groups excluding carboxylic acids is 2. The molecule has 1 aliphatic rings. The minimum atomic E-state index is -0.955. The maximum atomic E-state index is 13.6. The summed E-state index contributed by atoms with van der Waals surface area (Å²) in [5.41, 5.74) is 2.94. The molecule has 6 rings (SSSR count). The number of aromatic nitrogens is 4. The standard InChI is InChI=1S/C29H22ClN5O4S2/c1-16-23(34-14-6-5-9-21(34)31-16)25(36)22-24(17-10-12-19(39-2)13-11-17)35(27(38)26(22)37)28-32-33-29(41-28)40-15-18-7-3-4-8-20(18)30/h3-14,24,36H,15H2,1-2H3. The van der Waals surface area contributed by atoms with Gasteiger partial charge >= 0.3 is 5.91 Å². The van der Waals surface area contributed by atoms with E-state index in [-0.39, 0.29) is 16.5 Å². The molecule has 1 unspecified atom stereocenters. The molecular weight excluding hydrogens is 582 g/mol. The summed E-state index contributed by atoms with van der Waals surface area (Å²) in [5, 5.41) is 21.1. The Hall–Kier alpha value is -4.19. The van der Waals surface area contributed by atoms with E-state index >= 15 is 0 Å². The Morgan fingerprint density at radius 1 is 1.07 bits per heavy atom. The summed E-state index contributed by atoms with van der Waals surface area (Å²) in [6, 6.07) is 19.0. The number of imidazole rings is 1. The minimum absolute atomic E-state index is 0.0607. The van der Waals surface area contributed by atoms with Crippen LogP contribution in [0.15, 0.2) is 82.8 Å². The quantitative estimate of drug-likeness (QED) is 0.0784. The van der Waals surface area contributed by atoms with Crippen molar-refractivity contribution in [1.29, 1.82) is 0 Å². The first-order chi connectivity index (χ1) is 19.9. The number of benzene rings is 2. The van der Waals surface area contributed by atoms with Crippen LogP contribution >= 0.6 is 34.7 Å². The van der Waals surface area contributed by atoms with Crippen molar-refractivity contribution in [2.45, 2.75) is 23.1 Å². The number of fused-ring (bicyclic) bond motifs is 1. The van der Waals surface area contributed by atoms with E-state index in [1.54, 1.807) is 61.0 Å². The molecule has 12 heteroatoms. The van der Waals surface area contributed by atoms with Gasteiger partial charge < -0.3 is 9.84 Å². The highest BCUT2D eigenvalue weighted by atomic mass is 35.5. The fourth-order valence-corrected chi connectivity index (χ4v) is 6.92. The van der Waals surface area contributed by atoms with Crippen LogP contribution in [-0.2, 0) is 15.3 Å². The SMILES string of the molecule is COc1ccc(C2C(=C(O)c3c(C)nc4ccccn34)C(=O)C(=O)N2c2nnc(SCc3ccccc3Cl)s2)cc1. The number of aryl methyl sites for hydroxylation is 1. The predicted molar refractivity (Wildman–Crippen MR) is 159 cm³/mol. The molecular formula is C29H22ClN5O4S2. The molecule has 1 amide bonds. The number of aliphatic hydroxyl groups is 1. The Labute approximate surface area is 248 Å². The summed E-state index contributed by atoms with van der Waals surface area (Å²) in [4.78, 5) is 33.0. The molecule has 1 atom stereocenters. The van der Waals surface area contributed by atoms with E-state index in [2.05, 4.69) is 15.2 Å². The first-order valence-electron chi connectivity index (χ1n) is 12.5. The number of halogens is 1. The smallest absolute Gasteiger partial charge is 0.301 e. The number of Topliss-reactive ketones (excluding diaryl/α,β-unsaturated/α-hetero) is 1. The van der Waals surface area contributed by atoms with Crippen molar-refractivity contribution in [3.63, 3.8) is 0 Å². The van der Waals surface area contributed by atoms with Gasteiger partial charge in [-0.3, -0.25) is 18.9 Å². The van der Waals surface area contributed by atoms with Crippen LogP contribution in [0.5, 0.6) is 5.75 Å². The Balaban J connectivity index is 1.44. The van der Waals surface area contributed by atoms with Crippen molar-refractivity contribution in [3.8, 4) is 5.75 Å². The molecule has 2 aromatic carbocycles. The van der Waals surface area contributed by atoms with E-state index in [0.717, 1.165) is 5.56 Å². The Bertz CT molecular complexity index is 1830. The average molecular weight is 604 g/mol. The third-order valence-electron chi connectivity index (χ3n) is 6.72. The van der Waals surface area contributed by atoms with Gasteiger partial charge in [0.25, 0.3) is 5.78 Å². The van der Waals surface area contributed by atoms with Crippen LogP contribution < -0.4 is 9.64 Å². The molecule has 1 aliphatic heterocycles. The van der Waals surface area contributed by atoms with Gasteiger partial charge in [0.05, 0.1) is 24.4 Å². The lowest BCUT2D eigenvalue weighted by molar-refractivity contribution is -0.132. The van der Waals surface area contributed by atoms with E-state index in [4.69, 9.17) is 16.3 Å². The molecule has 206 valence electrons. The zero-order valence-electron chi connectivity index (χ0n) is 21.8. The summed E-state index contributed by atoms with van der Waals surface area (Å²) in [5.74, 6) is -0.785. The molecule has 5 aromatic rings. The number of anilines is 1. The second-order valence-electron chi connectivity index (χ2n) is 9.15. The second kappa shape index (κ2) is 11.0. The van der Waals surface area contributed by atoms with E-state index in [0.29, 0.717) is 43.5 Å². The van der Waals surface area contributed by atoms with Crippen molar-refractivity contribution >= 4 is 62.9 Å². The Morgan fingerprint density at radius 2 is 1.83 bits per heavy atom. The van der Waals surface area contributed by atoms with Gasteiger partial charge in [0.1, 0.15) is 17.1 Å². The van der Waals surface area contributed by atoms with Gasteiger partial charge in [0, 0.05) is 17.0 Å². The molecule has 0 bridgehead atoms. The summed E-state index contributed by atoms with van der Waals surface area (Å²) in [6.07, 6.45) is 1.75. The number of thioether (sulfide) groups is 1. The molecule has 1 N–H and O–H groups in total. The highest BCUT2D eigenvalue weighted by Gasteiger charge is 2.48. The van der Waals surface area contributed by atoms with Gasteiger partial charge in [-0.15, -0.1) is 10.2 Å². The number of carbonyl (C=O) groups is 2. The van der Waals surface area contributed by atoms with Crippen LogP contribution in [0.3, 0.4) is 0 Å². The Kier molecular flexibility index (Phi) is 7.24. The lowest BCUT2D eigenvalue weighted by Gasteiger charge is -2.22. The van der Waals surface area contributed by atoms with Crippen molar-refractivity contribution in [1.82, 2.24) is 19.6 Å². The number of hydrogen-bond acceptors (Lipinski definition) is 9. The summed E-state index contributed by atoms with van der Waals surface area (Å²) in [7, 11) is 1.55. The van der Waals surface area contributed by atoms with E-state index in [1.165, 1.54) is 28.0 Å². The first kappa shape index (κ1) is 27.0. The third kappa shape index (κ3) is 4.86. The van der Waals surface area contributed by atoms with E-state index in [9.17, 15) is 14.7 Å². The zero-order valence-corrected chi connectivity index (χ0v) is 24.2. The van der Waals surface area contributed by atoms with Gasteiger partial charge in [-0.2, -0.15) is 0 Å². The van der Waals surface area contributed by atoms with E-state index in [1.807, 2.05) is 30.3 Å². The van der Waals surface area contributed by atoms with Crippen LogP contribution in [0.1, 0.15) is 28.6 Å². The van der Waals surface area contributed by atoms with Crippen LogP contribution in [-0.4, -0.2) is 43.5 Å². The van der Waals surface area contributed by atoms with Crippen LogP contribution in [0, 0.1) is 6.92 Å². The second-order valence-corrected chi connectivity index (χ2v) is 11.7. The number of nitrogens with zero attached hydrogens (tertiary/aromatic N) is 5. The minimum Gasteiger partial charge on any atom is -0.505 e. The number of methoxy groups -OCH3 is 1. The zero-order chi connectivity index (χ0) is 28.7. The predicted octanol–water partition coefficient (Wildman–Crippen LogP) is 6.07. The van der Waals surface area contributed by atoms with Gasteiger partial charge in [0.2, 0.25) is 5.13 Å². The van der Waals surface area contributed by atoms with Gasteiger partial charge in [0.15, 0.2) is 10.1 Å². The number of amides is 1. The first-order valence-corrected chi connectivity index (χ1v) is 14.6. The van der Waals surface area contributed by atoms with Crippen molar-refractivity contribution in [2.24, 2.45) is 0 Å². The maximum Gasteiger partial charge on any atom is 0.301 e. The van der Waals surface area contributed by atoms with Gasteiger partial charge in [-0.25, -0.2) is 4.98 Å². The van der Waals surface area contributed by atoms with Gasteiger partial charge in [-0.1, -0.05) is 71.1 Å². The summed E-state index contributed by atoms with van der Waals surface area (Å²) in [6.45, 7) is 1.74. The Morgan fingerprint density at radius 3 is 2.59 bits per heavy atom. The van der Waals surface area contributed by atoms with Crippen molar-refractivity contribution in [3.05, 3.63) is 106 Å². The number of hydrogen-bond donors (Lipinski definition) is 1. The topological polar surface area (TPSA) is 110 Å². The molecule has 0 saturated carbocycles. The molecule has 1 saturated heterocycles. The molecule has 41 heavy (non-hydrogen) atoms. The molecule has 1 fully saturated rings. The summed E-state index contributed by atoms with van der Waals surface area (Å²) < 4.78 is 7.60. The maximum absolute atomic E-state index is 13.6. The van der Waals surface area contributed by atoms with Crippen LogP contribution in [0.2, 0.25) is 5.02 Å². The molecule has 0 radical (unpaired) electrons. The monoisotopic (exact) mass is 603 g/mol. The number of ether oxygens (including phenoxy) is 1.